The number of nitrogens with zero attached hydrogens (tertiary/aromatic N) is 1. The summed E-state index contributed by atoms with van der Waals surface area (Å²) in [7, 11) is 1.67. The van der Waals surface area contributed by atoms with E-state index in [0.29, 0.717) is 6.54 Å². The Morgan fingerprint density at radius 3 is 2.89 bits per heavy atom. The van der Waals surface area contributed by atoms with E-state index in [1.54, 1.807) is 25.1 Å². The second-order valence-corrected chi connectivity index (χ2v) is 5.08. The minimum absolute atomic E-state index is 0.214. The number of hydrogen-bond acceptors (Lipinski definition) is 4. The van der Waals surface area contributed by atoms with Gasteiger partial charge in [0, 0.05) is 29.1 Å². The standard InChI is InChI=1S/C14H16N2OS/c1-17-12-5-2-6-13(8-12)18-14(9-15)11-4-3-7-16-10-11/h2-8,10,14H,9,15H2,1H3. The Bertz CT molecular complexity index is 490. The third-order valence-corrected chi connectivity index (χ3v) is 3.87. The van der Waals surface area contributed by atoms with Crippen LogP contribution >= 0.6 is 11.8 Å². The van der Waals surface area contributed by atoms with E-state index in [9.17, 15) is 0 Å². The number of ether oxygens (including phenoxy) is 1. The van der Waals surface area contributed by atoms with Crippen LogP contribution in [0, 0.1) is 0 Å². The molecular weight excluding hydrogens is 244 g/mol. The SMILES string of the molecule is COc1cccc(SC(CN)c2cccnc2)c1. The first-order chi connectivity index (χ1) is 8.83. The lowest BCUT2D eigenvalue weighted by atomic mass is 10.2. The van der Waals surface area contributed by atoms with Crippen molar-refractivity contribution in [1.29, 1.82) is 0 Å². The largest absolute Gasteiger partial charge is 0.497 e. The van der Waals surface area contributed by atoms with Gasteiger partial charge in [-0.1, -0.05) is 12.1 Å². The van der Waals surface area contributed by atoms with E-state index in [-0.39, 0.29) is 5.25 Å². The second kappa shape index (κ2) is 6.42. The molecule has 0 bridgehead atoms. The van der Waals surface area contributed by atoms with Crippen LogP contribution in [0.3, 0.4) is 0 Å². The fraction of sp³-hybridized carbons (Fsp3) is 0.214. The number of pyridine rings is 1. The Labute approximate surface area is 111 Å². The smallest absolute Gasteiger partial charge is 0.119 e. The predicted octanol–water partition coefficient (Wildman–Crippen LogP) is 2.88. The number of aromatic nitrogens is 1. The molecule has 1 aromatic carbocycles. The summed E-state index contributed by atoms with van der Waals surface area (Å²) in [6.45, 7) is 0.577. The fourth-order valence-corrected chi connectivity index (χ4v) is 2.70. The quantitative estimate of drug-likeness (QED) is 0.840. The van der Waals surface area contributed by atoms with Gasteiger partial charge in [0.05, 0.1) is 7.11 Å². The molecule has 1 unspecified atom stereocenters. The van der Waals surface area contributed by atoms with Gasteiger partial charge in [0.1, 0.15) is 5.75 Å². The number of hydrogen-bond donors (Lipinski definition) is 1. The molecule has 0 amide bonds. The Morgan fingerprint density at radius 2 is 2.22 bits per heavy atom. The summed E-state index contributed by atoms with van der Waals surface area (Å²) in [4.78, 5) is 5.28. The first-order valence-electron chi connectivity index (χ1n) is 5.74. The Morgan fingerprint density at radius 1 is 1.33 bits per heavy atom. The molecule has 0 saturated carbocycles. The molecule has 1 aromatic heterocycles. The number of thioether (sulfide) groups is 1. The van der Waals surface area contributed by atoms with Crippen molar-refractivity contribution < 1.29 is 4.74 Å². The molecule has 2 rings (SSSR count). The minimum Gasteiger partial charge on any atom is -0.497 e. The maximum atomic E-state index is 5.84. The molecule has 4 heteroatoms. The molecule has 0 aliphatic heterocycles. The zero-order valence-corrected chi connectivity index (χ0v) is 11.1. The zero-order valence-electron chi connectivity index (χ0n) is 10.2. The lowest BCUT2D eigenvalue weighted by Crippen LogP contribution is -2.09. The summed E-state index contributed by atoms with van der Waals surface area (Å²) in [5.41, 5.74) is 6.99. The normalized spacial score (nSPS) is 12.1. The minimum atomic E-state index is 0.214. The van der Waals surface area contributed by atoms with Crippen molar-refractivity contribution in [2.45, 2.75) is 10.1 Å². The number of nitrogens with two attached hydrogens (primary N) is 1. The maximum absolute atomic E-state index is 5.84. The second-order valence-electron chi connectivity index (χ2n) is 3.81. The van der Waals surface area contributed by atoms with Crippen LogP contribution in [0.25, 0.3) is 0 Å². The molecule has 0 saturated heterocycles. The van der Waals surface area contributed by atoms with Crippen LogP contribution in [0.1, 0.15) is 10.8 Å². The fourth-order valence-electron chi connectivity index (χ4n) is 1.66. The molecule has 1 atom stereocenters. The van der Waals surface area contributed by atoms with Crippen molar-refractivity contribution in [3.63, 3.8) is 0 Å². The van der Waals surface area contributed by atoms with Gasteiger partial charge in [-0.05, 0) is 29.8 Å². The molecular formula is C14H16N2OS. The van der Waals surface area contributed by atoms with Gasteiger partial charge in [0.25, 0.3) is 0 Å². The van der Waals surface area contributed by atoms with Crippen molar-refractivity contribution in [1.82, 2.24) is 4.98 Å². The summed E-state index contributed by atoms with van der Waals surface area (Å²) in [5.74, 6) is 0.863. The average molecular weight is 260 g/mol. The topological polar surface area (TPSA) is 48.1 Å². The van der Waals surface area contributed by atoms with Gasteiger partial charge in [0.2, 0.25) is 0 Å². The molecule has 0 spiro atoms. The Balaban J connectivity index is 2.15. The lowest BCUT2D eigenvalue weighted by molar-refractivity contribution is 0.413. The third kappa shape index (κ3) is 3.24. The summed E-state index contributed by atoms with van der Waals surface area (Å²) >= 11 is 1.73. The Kier molecular flexibility index (Phi) is 4.61. The van der Waals surface area contributed by atoms with Crippen LogP contribution < -0.4 is 10.5 Å². The highest BCUT2D eigenvalue weighted by atomic mass is 32.2. The monoisotopic (exact) mass is 260 g/mol. The third-order valence-electron chi connectivity index (χ3n) is 2.59. The summed E-state index contributed by atoms with van der Waals surface area (Å²) in [6.07, 6.45) is 3.64. The van der Waals surface area contributed by atoms with E-state index in [1.807, 2.05) is 30.5 Å². The highest BCUT2D eigenvalue weighted by Crippen LogP contribution is 2.35. The van der Waals surface area contributed by atoms with Gasteiger partial charge in [0.15, 0.2) is 0 Å². The summed E-state index contributed by atoms with van der Waals surface area (Å²) in [5, 5.41) is 0.214. The molecule has 0 aliphatic rings. The van der Waals surface area contributed by atoms with Gasteiger partial charge in [-0.2, -0.15) is 0 Å². The summed E-state index contributed by atoms with van der Waals surface area (Å²) in [6, 6.07) is 12.0. The van der Waals surface area contributed by atoms with Crippen molar-refractivity contribution in [2.24, 2.45) is 5.73 Å². The first-order valence-corrected chi connectivity index (χ1v) is 6.62. The average Bonchev–Trinajstić information content (AvgIpc) is 2.46. The maximum Gasteiger partial charge on any atom is 0.119 e. The van der Waals surface area contributed by atoms with Crippen molar-refractivity contribution in [3.8, 4) is 5.75 Å². The molecule has 0 aliphatic carbocycles. The van der Waals surface area contributed by atoms with Gasteiger partial charge >= 0.3 is 0 Å². The molecule has 3 nitrogen and oxygen atoms in total. The molecule has 2 N–H and O–H groups in total. The molecule has 94 valence electrons. The van der Waals surface area contributed by atoms with Gasteiger partial charge < -0.3 is 10.5 Å². The lowest BCUT2D eigenvalue weighted by Gasteiger charge is -2.14. The predicted molar refractivity (Wildman–Crippen MR) is 74.9 cm³/mol. The van der Waals surface area contributed by atoms with E-state index in [1.165, 1.54) is 0 Å². The number of methoxy groups -OCH3 is 1. The van der Waals surface area contributed by atoms with E-state index in [0.717, 1.165) is 16.2 Å². The van der Waals surface area contributed by atoms with E-state index >= 15 is 0 Å². The molecule has 18 heavy (non-hydrogen) atoms. The molecule has 2 aromatic rings. The van der Waals surface area contributed by atoms with E-state index < -0.39 is 0 Å². The van der Waals surface area contributed by atoms with Crippen LogP contribution in [-0.4, -0.2) is 18.6 Å². The van der Waals surface area contributed by atoms with Crippen LogP contribution in [0.15, 0.2) is 53.7 Å². The first kappa shape index (κ1) is 12.9. The van der Waals surface area contributed by atoms with Crippen LogP contribution in [0.4, 0.5) is 0 Å². The van der Waals surface area contributed by atoms with Gasteiger partial charge in [-0.3, -0.25) is 4.98 Å². The molecule has 0 radical (unpaired) electrons. The highest BCUT2D eigenvalue weighted by Gasteiger charge is 2.11. The highest BCUT2D eigenvalue weighted by molar-refractivity contribution is 7.99. The zero-order chi connectivity index (χ0) is 12.8. The molecule has 0 fully saturated rings. The number of rotatable bonds is 5. The van der Waals surface area contributed by atoms with Gasteiger partial charge in [-0.15, -0.1) is 11.8 Å². The molecule has 1 heterocycles. The van der Waals surface area contributed by atoms with Gasteiger partial charge in [-0.25, -0.2) is 0 Å². The van der Waals surface area contributed by atoms with Crippen molar-refractivity contribution in [3.05, 3.63) is 54.4 Å². The van der Waals surface area contributed by atoms with Crippen LogP contribution in [0.5, 0.6) is 5.75 Å². The number of benzene rings is 1. The summed E-state index contributed by atoms with van der Waals surface area (Å²) < 4.78 is 5.22. The van der Waals surface area contributed by atoms with Crippen LogP contribution in [-0.2, 0) is 0 Å². The van der Waals surface area contributed by atoms with Crippen LogP contribution in [0.2, 0.25) is 0 Å². The Hall–Kier alpha value is -1.52. The van der Waals surface area contributed by atoms with E-state index in [2.05, 4.69) is 17.1 Å². The van der Waals surface area contributed by atoms with E-state index in [4.69, 9.17) is 10.5 Å². The van der Waals surface area contributed by atoms with Crippen molar-refractivity contribution in [2.75, 3.05) is 13.7 Å². The van der Waals surface area contributed by atoms with Crippen molar-refractivity contribution >= 4 is 11.8 Å².